The Morgan fingerprint density at radius 3 is 2.41 bits per heavy atom. The van der Waals surface area contributed by atoms with E-state index in [1.807, 2.05) is 18.7 Å². The van der Waals surface area contributed by atoms with E-state index in [2.05, 4.69) is 5.32 Å². The third-order valence-corrected chi connectivity index (χ3v) is 6.48. The first-order chi connectivity index (χ1) is 12.7. The summed E-state index contributed by atoms with van der Waals surface area (Å²) < 4.78 is 37.6. The lowest BCUT2D eigenvalue weighted by molar-refractivity contribution is -0.138. The van der Waals surface area contributed by atoms with E-state index in [4.69, 9.17) is 0 Å². The van der Waals surface area contributed by atoms with Crippen molar-refractivity contribution in [3.63, 3.8) is 0 Å². The van der Waals surface area contributed by atoms with Crippen LogP contribution in [0, 0.1) is 5.82 Å². The Kier molecular flexibility index (Phi) is 6.94. The molecule has 0 saturated carbocycles. The molecule has 1 atom stereocenters. The van der Waals surface area contributed by atoms with Crippen molar-refractivity contribution in [2.45, 2.75) is 37.2 Å². The van der Waals surface area contributed by atoms with Crippen LogP contribution < -0.4 is 5.32 Å². The molecule has 1 aliphatic heterocycles. The molecule has 9 heteroatoms. The quantitative estimate of drug-likeness (QED) is 0.710. The number of piperazine rings is 1. The molecule has 1 aliphatic rings. The summed E-state index contributed by atoms with van der Waals surface area (Å²) in [6.07, 6.45) is -0.179. The van der Waals surface area contributed by atoms with Crippen LogP contribution in [0.2, 0.25) is 0 Å². The Labute approximate surface area is 159 Å². The zero-order valence-electron chi connectivity index (χ0n) is 15.8. The van der Waals surface area contributed by atoms with Gasteiger partial charge in [-0.2, -0.15) is 0 Å². The van der Waals surface area contributed by atoms with Crippen molar-refractivity contribution >= 4 is 21.7 Å². The molecule has 150 valence electrons. The van der Waals surface area contributed by atoms with E-state index < -0.39 is 21.7 Å². The largest absolute Gasteiger partial charge is 0.358 e. The summed E-state index contributed by atoms with van der Waals surface area (Å²) in [6, 6.07) is 4.24. The zero-order chi connectivity index (χ0) is 20.2. The monoisotopic (exact) mass is 399 g/mol. The minimum absolute atomic E-state index is 0.00966. The summed E-state index contributed by atoms with van der Waals surface area (Å²) >= 11 is 0. The Morgan fingerprint density at radius 1 is 1.22 bits per heavy atom. The summed E-state index contributed by atoms with van der Waals surface area (Å²) in [4.78, 5) is 28.2. The molecule has 1 heterocycles. The van der Waals surface area contributed by atoms with Crippen LogP contribution in [0.4, 0.5) is 4.39 Å². The van der Waals surface area contributed by atoms with Crippen molar-refractivity contribution in [2.24, 2.45) is 0 Å². The fraction of sp³-hybridized carbons (Fsp3) is 0.556. The second-order valence-electron chi connectivity index (χ2n) is 6.82. The van der Waals surface area contributed by atoms with Crippen LogP contribution in [0.5, 0.6) is 0 Å². The second kappa shape index (κ2) is 8.79. The molecule has 0 unspecified atom stereocenters. The van der Waals surface area contributed by atoms with Crippen LogP contribution in [-0.2, 0) is 19.4 Å². The van der Waals surface area contributed by atoms with Gasteiger partial charge in [0.1, 0.15) is 11.9 Å². The molecule has 1 aromatic rings. The number of amides is 2. The van der Waals surface area contributed by atoms with Gasteiger partial charge in [-0.15, -0.1) is 0 Å². The Balaban J connectivity index is 2.01. The molecule has 1 saturated heterocycles. The lowest BCUT2D eigenvalue weighted by Crippen LogP contribution is -2.61. The number of sulfone groups is 1. The number of halogens is 1. The number of benzene rings is 1. The SMILES string of the molecule is CNC(=O)[C@H]1CN(C(=O)CCS(=O)(=O)c2ccc(F)cc2)CCN1C(C)C. The average molecular weight is 399 g/mol. The van der Waals surface area contributed by atoms with Gasteiger partial charge in [0, 0.05) is 39.1 Å². The number of carbonyl (C=O) groups is 2. The Morgan fingerprint density at radius 2 is 1.85 bits per heavy atom. The molecule has 7 nitrogen and oxygen atoms in total. The number of nitrogens with zero attached hydrogens (tertiary/aromatic N) is 2. The van der Waals surface area contributed by atoms with Crippen molar-refractivity contribution in [3.8, 4) is 0 Å². The summed E-state index contributed by atoms with van der Waals surface area (Å²) in [6.45, 7) is 5.20. The molecular formula is C18H26FN3O4S. The van der Waals surface area contributed by atoms with Crippen molar-refractivity contribution in [1.82, 2.24) is 15.1 Å². The molecule has 1 aromatic carbocycles. The molecule has 0 aromatic heterocycles. The van der Waals surface area contributed by atoms with Crippen molar-refractivity contribution in [3.05, 3.63) is 30.1 Å². The lowest BCUT2D eigenvalue weighted by Gasteiger charge is -2.42. The minimum Gasteiger partial charge on any atom is -0.358 e. The molecular weight excluding hydrogens is 373 g/mol. The second-order valence-corrected chi connectivity index (χ2v) is 8.93. The number of rotatable bonds is 6. The van der Waals surface area contributed by atoms with Gasteiger partial charge in [-0.1, -0.05) is 0 Å². The highest BCUT2D eigenvalue weighted by Crippen LogP contribution is 2.17. The van der Waals surface area contributed by atoms with Crippen LogP contribution in [0.25, 0.3) is 0 Å². The van der Waals surface area contributed by atoms with Gasteiger partial charge in [-0.3, -0.25) is 14.5 Å². The maximum atomic E-state index is 13.0. The number of carbonyl (C=O) groups excluding carboxylic acids is 2. The zero-order valence-corrected chi connectivity index (χ0v) is 16.6. The van der Waals surface area contributed by atoms with E-state index in [-0.39, 0.29) is 41.5 Å². The molecule has 1 N–H and O–H groups in total. The highest BCUT2D eigenvalue weighted by molar-refractivity contribution is 7.91. The highest BCUT2D eigenvalue weighted by Gasteiger charge is 2.35. The van der Waals surface area contributed by atoms with Crippen LogP contribution in [0.1, 0.15) is 20.3 Å². The molecule has 0 radical (unpaired) electrons. The highest BCUT2D eigenvalue weighted by atomic mass is 32.2. The lowest BCUT2D eigenvalue weighted by atomic mass is 10.1. The molecule has 0 aliphatic carbocycles. The normalized spacial score (nSPS) is 18.6. The molecule has 0 spiro atoms. The van der Waals surface area contributed by atoms with Crippen molar-refractivity contribution in [2.75, 3.05) is 32.4 Å². The predicted molar refractivity (Wildman–Crippen MR) is 99.3 cm³/mol. The molecule has 27 heavy (non-hydrogen) atoms. The van der Waals surface area contributed by atoms with E-state index in [1.54, 1.807) is 11.9 Å². The van der Waals surface area contributed by atoms with Crippen LogP contribution in [0.3, 0.4) is 0 Å². The maximum absolute atomic E-state index is 13.0. The van der Waals surface area contributed by atoms with Gasteiger partial charge in [-0.25, -0.2) is 12.8 Å². The smallest absolute Gasteiger partial charge is 0.238 e. The van der Waals surface area contributed by atoms with E-state index >= 15 is 0 Å². The van der Waals surface area contributed by atoms with Gasteiger partial charge < -0.3 is 10.2 Å². The molecule has 2 rings (SSSR count). The third kappa shape index (κ3) is 5.26. The van der Waals surface area contributed by atoms with Gasteiger partial charge in [0.15, 0.2) is 9.84 Å². The fourth-order valence-electron chi connectivity index (χ4n) is 3.18. The summed E-state index contributed by atoms with van der Waals surface area (Å²) in [7, 11) is -2.12. The van der Waals surface area contributed by atoms with Gasteiger partial charge in [0.2, 0.25) is 11.8 Å². The van der Waals surface area contributed by atoms with E-state index in [0.717, 1.165) is 12.1 Å². The van der Waals surface area contributed by atoms with E-state index in [0.29, 0.717) is 13.1 Å². The first kappa shape index (κ1) is 21.3. The Hall–Kier alpha value is -2.00. The molecule has 2 amide bonds. The summed E-state index contributed by atoms with van der Waals surface area (Å²) in [5.41, 5.74) is 0. The van der Waals surface area contributed by atoms with E-state index in [1.165, 1.54) is 12.1 Å². The number of hydrogen-bond donors (Lipinski definition) is 1. The topological polar surface area (TPSA) is 86.8 Å². The number of hydrogen-bond acceptors (Lipinski definition) is 5. The van der Waals surface area contributed by atoms with Gasteiger partial charge in [0.25, 0.3) is 0 Å². The van der Waals surface area contributed by atoms with Gasteiger partial charge in [0.05, 0.1) is 10.6 Å². The maximum Gasteiger partial charge on any atom is 0.238 e. The van der Waals surface area contributed by atoms with Crippen molar-refractivity contribution in [1.29, 1.82) is 0 Å². The van der Waals surface area contributed by atoms with E-state index in [9.17, 15) is 22.4 Å². The summed E-state index contributed by atoms with van der Waals surface area (Å²) in [5.74, 6) is -1.35. The predicted octanol–water partition coefficient (Wildman–Crippen LogP) is 0.657. The average Bonchev–Trinajstić information content (AvgIpc) is 2.65. The first-order valence-electron chi connectivity index (χ1n) is 8.89. The van der Waals surface area contributed by atoms with Crippen LogP contribution >= 0.6 is 0 Å². The van der Waals surface area contributed by atoms with Gasteiger partial charge >= 0.3 is 0 Å². The Bertz CT molecular complexity index is 780. The standard InChI is InChI=1S/C18H26FN3O4S/c1-13(2)22-10-9-21(12-16(22)18(24)20-3)17(23)8-11-27(25,26)15-6-4-14(19)5-7-15/h4-7,13,16H,8-12H2,1-3H3,(H,20,24)/t16-/m1/s1. The minimum atomic E-state index is -3.67. The van der Waals surface area contributed by atoms with Crippen LogP contribution in [0.15, 0.2) is 29.2 Å². The number of likely N-dealkylation sites (N-methyl/N-ethyl adjacent to an activating group) is 1. The van der Waals surface area contributed by atoms with Gasteiger partial charge in [-0.05, 0) is 38.1 Å². The van der Waals surface area contributed by atoms with Crippen LogP contribution in [-0.4, -0.2) is 74.6 Å². The first-order valence-corrected chi connectivity index (χ1v) is 10.5. The summed E-state index contributed by atoms with van der Waals surface area (Å²) in [5, 5.41) is 2.62. The molecule has 1 fully saturated rings. The number of nitrogens with one attached hydrogen (secondary N) is 1. The third-order valence-electron chi connectivity index (χ3n) is 4.74. The van der Waals surface area contributed by atoms with Crippen molar-refractivity contribution < 1.29 is 22.4 Å². The molecule has 0 bridgehead atoms. The fourth-order valence-corrected chi connectivity index (χ4v) is 4.41.